The number of nitrogens with two attached hydrogens (primary N) is 1. The van der Waals surface area contributed by atoms with Gasteiger partial charge in [-0.3, -0.25) is 19.3 Å². The lowest BCUT2D eigenvalue weighted by molar-refractivity contribution is -0.153. The van der Waals surface area contributed by atoms with Crippen molar-refractivity contribution in [3.63, 3.8) is 0 Å². The number of carbonyl (C=O) groups is 5. The number of esters is 1. The Balaban J connectivity index is 0.808. The van der Waals surface area contributed by atoms with Crippen LogP contribution in [0.15, 0.2) is 91.0 Å². The Labute approximate surface area is 317 Å². The fourth-order valence-electron chi connectivity index (χ4n) is 7.21. The molecule has 55 heavy (non-hydrogen) atoms. The second-order valence-corrected chi connectivity index (χ2v) is 13.6. The van der Waals surface area contributed by atoms with Crippen molar-refractivity contribution in [3.05, 3.63) is 114 Å². The van der Waals surface area contributed by atoms with E-state index in [-0.39, 0.29) is 56.7 Å². The fraction of sp³-hybridized carbons (Fsp3) is 0.293. The van der Waals surface area contributed by atoms with Gasteiger partial charge in [-0.2, -0.15) is 0 Å². The smallest absolute Gasteiger partial charge is 0.414 e. The molecule has 4 aromatic rings. The molecule has 0 bridgehead atoms. The predicted molar refractivity (Wildman–Crippen MR) is 203 cm³/mol. The molecule has 2 heterocycles. The highest BCUT2D eigenvalue weighted by atomic mass is 19.1. The number of ether oxygens (including phenoxy) is 2. The molecule has 1 atom stereocenters. The van der Waals surface area contributed by atoms with Crippen LogP contribution in [0.25, 0.3) is 11.1 Å². The first-order valence-electron chi connectivity index (χ1n) is 18.2. The Hall–Kier alpha value is -6.12. The van der Waals surface area contributed by atoms with Crippen LogP contribution in [0, 0.1) is 5.82 Å². The largest absolute Gasteiger partial charge is 0.459 e. The lowest BCUT2D eigenvalue weighted by Crippen LogP contribution is -2.49. The number of benzene rings is 4. The minimum Gasteiger partial charge on any atom is -0.459 e. The molecule has 2 aliphatic heterocycles. The summed E-state index contributed by atoms with van der Waals surface area (Å²) < 4.78 is 25.7. The van der Waals surface area contributed by atoms with E-state index in [0.717, 1.165) is 22.3 Å². The maximum absolute atomic E-state index is 15.1. The Morgan fingerprint density at radius 1 is 0.855 bits per heavy atom. The van der Waals surface area contributed by atoms with E-state index in [9.17, 15) is 24.0 Å². The molecule has 0 saturated carbocycles. The van der Waals surface area contributed by atoms with Crippen LogP contribution < -0.4 is 26.4 Å². The summed E-state index contributed by atoms with van der Waals surface area (Å²) in [7, 11) is 0. The lowest BCUT2D eigenvalue weighted by atomic mass is 9.98. The summed E-state index contributed by atoms with van der Waals surface area (Å²) in [5, 5.41) is 0. The van der Waals surface area contributed by atoms with E-state index in [1.807, 2.05) is 53.4 Å². The zero-order valence-electron chi connectivity index (χ0n) is 30.0. The van der Waals surface area contributed by atoms with Gasteiger partial charge in [0.2, 0.25) is 5.91 Å². The van der Waals surface area contributed by atoms with E-state index in [1.165, 1.54) is 11.0 Å². The standard InChI is InChI=1S/C41H41FN6O7/c42-35-21-28(48-24-29(22-43)55-41(48)53)13-14-36(35)46-17-19-47(20-18-46)39(51)16-15-37(49)26-9-11-27(12-10-26)45-44-23-38(50)40(52)54-25-34-32-7-3-1-5-30(32)31-6-2-4-8-33(31)34/h1-14,21,29,34,44-45H,15-20,22-25,43H2/t29-/m0/s1. The Kier molecular flexibility index (Phi) is 11.2. The summed E-state index contributed by atoms with van der Waals surface area (Å²) in [6.45, 7) is 1.78. The Bertz CT molecular complexity index is 2060. The minimum absolute atomic E-state index is 0.0265. The number of fused-ring (bicyclic) bond motifs is 3. The molecule has 1 aliphatic carbocycles. The van der Waals surface area contributed by atoms with Gasteiger partial charge >= 0.3 is 12.1 Å². The Morgan fingerprint density at radius 3 is 2.16 bits per heavy atom. The SMILES string of the molecule is NC[C@H]1CN(c2ccc(N3CCN(C(=O)CCC(=O)c4ccc(NNCC(=O)C(=O)OCC5c6ccccc6-c6ccccc65)cc4)CC3)c(F)c2)C(=O)O1. The van der Waals surface area contributed by atoms with Crippen LogP contribution in [0.4, 0.5) is 26.2 Å². The Morgan fingerprint density at radius 2 is 1.53 bits per heavy atom. The topological polar surface area (TPSA) is 164 Å². The van der Waals surface area contributed by atoms with Gasteiger partial charge in [0.15, 0.2) is 5.78 Å². The van der Waals surface area contributed by atoms with Gasteiger partial charge in [0.1, 0.15) is 18.5 Å². The van der Waals surface area contributed by atoms with Crippen LogP contribution in [-0.2, 0) is 23.9 Å². The number of hydrogen-bond acceptors (Lipinski definition) is 11. The summed E-state index contributed by atoms with van der Waals surface area (Å²) in [6, 6.07) is 27.0. The zero-order valence-corrected chi connectivity index (χ0v) is 30.0. The molecule has 0 spiro atoms. The third kappa shape index (κ3) is 8.20. The monoisotopic (exact) mass is 748 g/mol. The second-order valence-electron chi connectivity index (χ2n) is 13.6. The second kappa shape index (κ2) is 16.5. The van der Waals surface area contributed by atoms with Crippen LogP contribution in [0.3, 0.4) is 0 Å². The van der Waals surface area contributed by atoms with Gasteiger partial charge in [0.25, 0.3) is 5.78 Å². The molecular formula is C41H41FN6O7. The number of Topliss-reactive ketones (excluding diaryl/α,β-unsaturated/α-hetero) is 2. The van der Waals surface area contributed by atoms with Crippen molar-refractivity contribution >= 4 is 46.6 Å². The van der Waals surface area contributed by atoms with Crippen molar-refractivity contribution in [3.8, 4) is 11.1 Å². The molecule has 7 rings (SSSR count). The van der Waals surface area contributed by atoms with E-state index >= 15 is 4.39 Å². The van der Waals surface area contributed by atoms with Crippen LogP contribution in [0.2, 0.25) is 0 Å². The molecule has 3 aliphatic rings. The van der Waals surface area contributed by atoms with E-state index in [0.29, 0.717) is 48.8 Å². The molecule has 0 unspecified atom stereocenters. The van der Waals surface area contributed by atoms with E-state index in [1.54, 1.807) is 41.3 Å². The minimum atomic E-state index is -0.928. The maximum Gasteiger partial charge on any atom is 0.414 e. The third-order valence-electron chi connectivity index (χ3n) is 10.2. The highest BCUT2D eigenvalue weighted by Crippen LogP contribution is 2.44. The van der Waals surface area contributed by atoms with Crippen molar-refractivity contribution in [2.45, 2.75) is 24.9 Å². The highest BCUT2D eigenvalue weighted by Gasteiger charge is 2.33. The van der Waals surface area contributed by atoms with Gasteiger partial charge in [-0.1, -0.05) is 48.5 Å². The summed E-state index contributed by atoms with van der Waals surface area (Å²) in [5.74, 6) is -2.65. The number of piperazine rings is 1. The van der Waals surface area contributed by atoms with Crippen LogP contribution >= 0.6 is 0 Å². The number of anilines is 3. The molecule has 0 radical (unpaired) electrons. The molecule has 2 amide bonds. The molecule has 284 valence electrons. The number of carbonyl (C=O) groups excluding carboxylic acids is 5. The fourth-order valence-corrected chi connectivity index (χ4v) is 7.21. The molecule has 4 aromatic carbocycles. The molecule has 4 N–H and O–H groups in total. The molecule has 14 heteroatoms. The van der Waals surface area contributed by atoms with Gasteiger partial charge < -0.3 is 30.4 Å². The maximum atomic E-state index is 15.1. The van der Waals surface area contributed by atoms with Crippen LogP contribution in [0.1, 0.15) is 40.2 Å². The summed E-state index contributed by atoms with van der Waals surface area (Å²) in [5.41, 5.74) is 17.2. The number of halogens is 1. The first-order chi connectivity index (χ1) is 26.7. The highest BCUT2D eigenvalue weighted by molar-refractivity contribution is 6.34. The molecule has 2 fully saturated rings. The number of amides is 2. The van der Waals surface area contributed by atoms with Crippen molar-refractivity contribution < 1.29 is 37.8 Å². The third-order valence-corrected chi connectivity index (χ3v) is 10.2. The van der Waals surface area contributed by atoms with Gasteiger partial charge in [-0.15, -0.1) is 0 Å². The van der Waals surface area contributed by atoms with E-state index in [4.69, 9.17) is 15.2 Å². The van der Waals surface area contributed by atoms with Crippen LogP contribution in [0.5, 0.6) is 0 Å². The summed E-state index contributed by atoms with van der Waals surface area (Å²) >= 11 is 0. The molecule has 2 saturated heterocycles. The average molecular weight is 749 g/mol. The lowest BCUT2D eigenvalue weighted by Gasteiger charge is -2.36. The van der Waals surface area contributed by atoms with Crippen LogP contribution in [-0.4, -0.2) is 93.0 Å². The molecular weight excluding hydrogens is 707 g/mol. The van der Waals surface area contributed by atoms with Gasteiger partial charge in [-0.05, 0) is 64.7 Å². The predicted octanol–water partition coefficient (Wildman–Crippen LogP) is 4.26. The molecule has 13 nitrogen and oxygen atoms in total. The summed E-state index contributed by atoms with van der Waals surface area (Å²) in [6.07, 6.45) is -0.925. The quantitative estimate of drug-likeness (QED) is 0.0731. The van der Waals surface area contributed by atoms with Crippen molar-refractivity contribution in [2.24, 2.45) is 5.73 Å². The van der Waals surface area contributed by atoms with Crippen molar-refractivity contribution in [1.29, 1.82) is 0 Å². The first-order valence-corrected chi connectivity index (χ1v) is 18.2. The number of hydrogen-bond donors (Lipinski definition) is 3. The molecule has 0 aromatic heterocycles. The van der Waals surface area contributed by atoms with Gasteiger partial charge in [0.05, 0.1) is 24.5 Å². The first kappa shape index (κ1) is 37.2. The normalized spacial score (nSPS) is 16.4. The average Bonchev–Trinajstić information content (AvgIpc) is 3.76. The number of nitrogens with zero attached hydrogens (tertiary/aromatic N) is 3. The van der Waals surface area contributed by atoms with Crippen molar-refractivity contribution in [2.75, 3.05) is 67.6 Å². The number of ketones is 2. The van der Waals surface area contributed by atoms with E-state index in [2.05, 4.69) is 10.9 Å². The number of rotatable bonds is 14. The summed E-state index contributed by atoms with van der Waals surface area (Å²) in [4.78, 5) is 67.8. The zero-order chi connectivity index (χ0) is 38.5. The van der Waals surface area contributed by atoms with Gasteiger partial charge in [0, 0.05) is 62.7 Å². The number of hydrazine groups is 1. The number of cyclic esters (lactones) is 1. The van der Waals surface area contributed by atoms with Gasteiger partial charge in [-0.25, -0.2) is 19.4 Å². The van der Waals surface area contributed by atoms with E-state index < -0.39 is 29.8 Å². The number of nitrogens with one attached hydrogen (secondary N) is 2. The van der Waals surface area contributed by atoms with Crippen molar-refractivity contribution in [1.82, 2.24) is 10.3 Å².